The molecule has 18 heavy (non-hydrogen) atoms. The van der Waals surface area contributed by atoms with Crippen LogP contribution in [0.4, 0.5) is 0 Å². The fourth-order valence-corrected chi connectivity index (χ4v) is 2.51. The number of carbonyl (C=O) groups is 1. The van der Waals surface area contributed by atoms with Crippen molar-refractivity contribution in [2.24, 2.45) is 0 Å². The number of fused-ring (bicyclic) bond motifs is 1. The molecule has 4 nitrogen and oxygen atoms in total. The highest BCUT2D eigenvalue weighted by Gasteiger charge is 2.23. The van der Waals surface area contributed by atoms with Crippen molar-refractivity contribution in [1.82, 2.24) is 4.90 Å². The molecule has 0 aromatic heterocycles. The van der Waals surface area contributed by atoms with E-state index in [0.717, 1.165) is 29.9 Å². The van der Waals surface area contributed by atoms with Crippen molar-refractivity contribution in [3.05, 3.63) is 29.3 Å². The van der Waals surface area contributed by atoms with Crippen LogP contribution in [0.25, 0.3) is 0 Å². The van der Waals surface area contributed by atoms with Gasteiger partial charge in [0.15, 0.2) is 0 Å². The summed E-state index contributed by atoms with van der Waals surface area (Å²) < 4.78 is 10.9. The Morgan fingerprint density at radius 1 is 1.39 bits per heavy atom. The molecule has 3 rings (SSSR count). The van der Waals surface area contributed by atoms with E-state index < -0.39 is 0 Å². The van der Waals surface area contributed by atoms with Crippen LogP contribution >= 0.6 is 0 Å². The van der Waals surface area contributed by atoms with Crippen LogP contribution in [-0.2, 0) is 11.2 Å². The number of rotatable bonds is 1. The molecule has 1 amide bonds. The number of ether oxygens (including phenoxy) is 2. The minimum atomic E-state index is 0.0971. The van der Waals surface area contributed by atoms with Crippen molar-refractivity contribution in [3.63, 3.8) is 0 Å². The van der Waals surface area contributed by atoms with Crippen molar-refractivity contribution in [2.45, 2.75) is 19.4 Å². The molecule has 4 heteroatoms. The summed E-state index contributed by atoms with van der Waals surface area (Å²) in [5.74, 6) is 1.02. The molecular formula is C14H17NO3. The van der Waals surface area contributed by atoms with Gasteiger partial charge in [0.25, 0.3) is 5.91 Å². The van der Waals surface area contributed by atoms with Crippen LogP contribution in [0.3, 0.4) is 0 Å². The van der Waals surface area contributed by atoms with E-state index in [-0.39, 0.29) is 12.0 Å². The van der Waals surface area contributed by atoms with E-state index in [1.165, 1.54) is 0 Å². The topological polar surface area (TPSA) is 38.8 Å². The number of nitrogens with zero attached hydrogens (tertiary/aromatic N) is 1. The van der Waals surface area contributed by atoms with Gasteiger partial charge in [-0.15, -0.1) is 0 Å². The Kier molecular flexibility index (Phi) is 2.96. The third-order valence-corrected chi connectivity index (χ3v) is 3.46. The summed E-state index contributed by atoms with van der Waals surface area (Å²) in [5, 5.41) is 0. The Morgan fingerprint density at radius 2 is 2.28 bits per heavy atom. The van der Waals surface area contributed by atoms with Crippen molar-refractivity contribution in [2.75, 3.05) is 26.3 Å². The molecule has 1 unspecified atom stereocenters. The third-order valence-electron chi connectivity index (χ3n) is 3.46. The second-order valence-electron chi connectivity index (χ2n) is 4.85. The SMILES string of the molecule is CC1CN(C(=O)c2ccc3c(c2)CCO3)CCO1. The molecule has 2 aliphatic rings. The predicted octanol–water partition coefficient (Wildman–Crippen LogP) is 1.48. The summed E-state index contributed by atoms with van der Waals surface area (Å²) in [7, 11) is 0. The molecule has 0 N–H and O–H groups in total. The van der Waals surface area contributed by atoms with Gasteiger partial charge < -0.3 is 14.4 Å². The van der Waals surface area contributed by atoms with Gasteiger partial charge in [-0.25, -0.2) is 0 Å². The average Bonchev–Trinajstić information content (AvgIpc) is 2.85. The number of amides is 1. The number of morpholine rings is 1. The van der Waals surface area contributed by atoms with Gasteiger partial charge in [-0.2, -0.15) is 0 Å². The molecule has 0 spiro atoms. The van der Waals surface area contributed by atoms with E-state index in [1.54, 1.807) is 0 Å². The molecule has 0 radical (unpaired) electrons. The van der Waals surface area contributed by atoms with Crippen LogP contribution in [0.1, 0.15) is 22.8 Å². The van der Waals surface area contributed by atoms with E-state index in [2.05, 4.69) is 0 Å². The Balaban J connectivity index is 1.79. The first-order chi connectivity index (χ1) is 8.74. The summed E-state index contributed by atoms with van der Waals surface area (Å²) in [6.07, 6.45) is 1.02. The lowest BCUT2D eigenvalue weighted by Crippen LogP contribution is -2.44. The van der Waals surface area contributed by atoms with Gasteiger partial charge in [0, 0.05) is 25.1 Å². The average molecular weight is 247 g/mol. The van der Waals surface area contributed by atoms with Gasteiger partial charge in [-0.1, -0.05) is 0 Å². The second kappa shape index (κ2) is 4.61. The maximum absolute atomic E-state index is 12.4. The Bertz CT molecular complexity index is 472. The molecular weight excluding hydrogens is 230 g/mol. The van der Waals surface area contributed by atoms with Crippen LogP contribution < -0.4 is 4.74 Å². The van der Waals surface area contributed by atoms with E-state index in [0.29, 0.717) is 19.7 Å². The Hall–Kier alpha value is -1.55. The van der Waals surface area contributed by atoms with Crippen LogP contribution in [-0.4, -0.2) is 43.2 Å². The van der Waals surface area contributed by atoms with E-state index >= 15 is 0 Å². The molecule has 0 bridgehead atoms. The van der Waals surface area contributed by atoms with Gasteiger partial charge in [0.2, 0.25) is 0 Å². The molecule has 1 aromatic rings. The van der Waals surface area contributed by atoms with Crippen molar-refractivity contribution >= 4 is 5.91 Å². The number of hydrogen-bond donors (Lipinski definition) is 0. The van der Waals surface area contributed by atoms with Crippen LogP contribution in [0.2, 0.25) is 0 Å². The summed E-state index contributed by atoms with van der Waals surface area (Å²) in [5.41, 5.74) is 1.90. The highest BCUT2D eigenvalue weighted by molar-refractivity contribution is 5.94. The second-order valence-corrected chi connectivity index (χ2v) is 4.85. The molecule has 0 aliphatic carbocycles. The maximum atomic E-state index is 12.4. The quantitative estimate of drug-likeness (QED) is 0.754. The lowest BCUT2D eigenvalue weighted by atomic mass is 10.1. The lowest BCUT2D eigenvalue weighted by molar-refractivity contribution is -0.0124. The standard InChI is InChI=1S/C14H17NO3/c1-10-9-15(5-7-17-10)14(16)12-2-3-13-11(8-12)4-6-18-13/h2-3,8,10H,4-7,9H2,1H3. The first kappa shape index (κ1) is 11.5. The fourth-order valence-electron chi connectivity index (χ4n) is 2.51. The minimum Gasteiger partial charge on any atom is -0.493 e. The highest BCUT2D eigenvalue weighted by atomic mass is 16.5. The van der Waals surface area contributed by atoms with Gasteiger partial charge in [0.05, 0.1) is 19.3 Å². The summed E-state index contributed by atoms with van der Waals surface area (Å²) in [6.45, 7) is 4.70. The normalized spacial score (nSPS) is 22.5. The zero-order chi connectivity index (χ0) is 12.5. The van der Waals surface area contributed by atoms with Crippen LogP contribution in [0.5, 0.6) is 5.75 Å². The molecule has 2 aliphatic heterocycles. The highest BCUT2D eigenvalue weighted by Crippen LogP contribution is 2.26. The fraction of sp³-hybridized carbons (Fsp3) is 0.500. The van der Waals surface area contributed by atoms with Gasteiger partial charge in [-0.3, -0.25) is 4.79 Å². The zero-order valence-corrected chi connectivity index (χ0v) is 10.5. The molecule has 1 atom stereocenters. The summed E-state index contributed by atoms with van der Waals surface area (Å²) in [6, 6.07) is 5.72. The van der Waals surface area contributed by atoms with E-state index in [4.69, 9.17) is 9.47 Å². The largest absolute Gasteiger partial charge is 0.493 e. The van der Waals surface area contributed by atoms with Gasteiger partial charge in [0.1, 0.15) is 5.75 Å². The molecule has 1 saturated heterocycles. The zero-order valence-electron chi connectivity index (χ0n) is 10.5. The number of hydrogen-bond acceptors (Lipinski definition) is 3. The molecule has 96 valence electrons. The van der Waals surface area contributed by atoms with Gasteiger partial charge in [-0.05, 0) is 30.7 Å². The van der Waals surface area contributed by atoms with Crippen molar-refractivity contribution < 1.29 is 14.3 Å². The minimum absolute atomic E-state index is 0.0971. The van der Waals surface area contributed by atoms with Crippen molar-refractivity contribution in [3.8, 4) is 5.75 Å². The Labute approximate surface area is 106 Å². The maximum Gasteiger partial charge on any atom is 0.254 e. The van der Waals surface area contributed by atoms with Crippen LogP contribution in [0.15, 0.2) is 18.2 Å². The Morgan fingerprint density at radius 3 is 3.11 bits per heavy atom. The molecule has 2 heterocycles. The molecule has 0 saturated carbocycles. The molecule has 1 aromatic carbocycles. The monoisotopic (exact) mass is 247 g/mol. The van der Waals surface area contributed by atoms with Gasteiger partial charge >= 0.3 is 0 Å². The van der Waals surface area contributed by atoms with Crippen molar-refractivity contribution in [1.29, 1.82) is 0 Å². The summed E-state index contributed by atoms with van der Waals surface area (Å²) in [4.78, 5) is 14.2. The number of carbonyl (C=O) groups excluding carboxylic acids is 1. The summed E-state index contributed by atoms with van der Waals surface area (Å²) >= 11 is 0. The predicted molar refractivity (Wildman–Crippen MR) is 67.0 cm³/mol. The number of benzene rings is 1. The van der Waals surface area contributed by atoms with E-state index in [1.807, 2.05) is 30.0 Å². The lowest BCUT2D eigenvalue weighted by Gasteiger charge is -2.31. The third kappa shape index (κ3) is 2.08. The smallest absolute Gasteiger partial charge is 0.254 e. The molecule has 1 fully saturated rings. The van der Waals surface area contributed by atoms with E-state index in [9.17, 15) is 4.79 Å². The van der Waals surface area contributed by atoms with Crippen LogP contribution in [0, 0.1) is 0 Å². The first-order valence-corrected chi connectivity index (χ1v) is 6.40. The first-order valence-electron chi connectivity index (χ1n) is 6.40.